The molecular weight excluding hydrogens is 392 g/mol. The Morgan fingerprint density at radius 2 is 2.00 bits per heavy atom. The van der Waals surface area contributed by atoms with Crippen LogP contribution in [-0.4, -0.2) is 11.0 Å². The molecule has 0 fully saturated rings. The van der Waals surface area contributed by atoms with Crippen molar-refractivity contribution in [2.75, 3.05) is 5.01 Å². The van der Waals surface area contributed by atoms with Gasteiger partial charge in [-0.15, -0.1) is 0 Å². The molecule has 0 spiro atoms. The van der Waals surface area contributed by atoms with Gasteiger partial charge in [-0.2, -0.15) is 5.26 Å². The highest BCUT2D eigenvalue weighted by molar-refractivity contribution is 5.91. The van der Waals surface area contributed by atoms with Gasteiger partial charge >= 0.3 is 6.03 Å². The van der Waals surface area contributed by atoms with Crippen LogP contribution in [0.5, 0.6) is 5.75 Å². The number of hydrazine groups is 2. The lowest BCUT2D eigenvalue weighted by molar-refractivity contribution is 0.246. The van der Waals surface area contributed by atoms with Gasteiger partial charge in [0.25, 0.3) is 0 Å². The quantitative estimate of drug-likeness (QED) is 0.321. The fraction of sp³-hybridized carbons (Fsp3) is 0.174. The summed E-state index contributed by atoms with van der Waals surface area (Å²) in [7, 11) is 0. The van der Waals surface area contributed by atoms with Gasteiger partial charge in [0.05, 0.1) is 11.4 Å². The topological polar surface area (TPSA) is 130 Å². The predicted molar refractivity (Wildman–Crippen MR) is 119 cm³/mol. The van der Waals surface area contributed by atoms with Gasteiger partial charge in [-0.05, 0) is 60.9 Å². The third-order valence-corrected chi connectivity index (χ3v) is 4.94. The second-order valence-electron chi connectivity index (χ2n) is 6.88. The van der Waals surface area contributed by atoms with Crippen molar-refractivity contribution in [1.29, 1.82) is 5.26 Å². The Morgan fingerprint density at radius 3 is 2.68 bits per heavy atom. The van der Waals surface area contributed by atoms with Crippen LogP contribution in [0.15, 0.2) is 54.6 Å². The first-order valence-corrected chi connectivity index (χ1v) is 9.75. The van der Waals surface area contributed by atoms with Crippen LogP contribution in [0.2, 0.25) is 0 Å². The molecule has 8 heteroatoms. The van der Waals surface area contributed by atoms with E-state index < -0.39 is 6.03 Å². The third-order valence-electron chi connectivity index (χ3n) is 4.94. The number of aryl methyl sites for hydroxylation is 2. The van der Waals surface area contributed by atoms with E-state index in [0.717, 1.165) is 39.4 Å². The highest BCUT2D eigenvalue weighted by Gasteiger charge is 2.17. The number of rotatable bonds is 6. The maximum atomic E-state index is 11.9. The van der Waals surface area contributed by atoms with Gasteiger partial charge in [0.15, 0.2) is 0 Å². The Kier molecular flexibility index (Phi) is 6.82. The summed E-state index contributed by atoms with van der Waals surface area (Å²) in [5.41, 5.74) is 7.28. The van der Waals surface area contributed by atoms with Gasteiger partial charge in [-0.25, -0.2) is 26.5 Å². The van der Waals surface area contributed by atoms with E-state index in [1.54, 1.807) is 18.2 Å². The molecule has 2 aromatic carbocycles. The first-order valence-electron chi connectivity index (χ1n) is 9.75. The Balaban J connectivity index is 1.86. The standard InChI is InChI=1S/C23H24N6O2/c1-3-16-6-4-9-21(29(26)23(30)28-25)19(16)14-31-22-11-10-17(12-15(22)2)20-8-5-7-18(13-24)27-20/h4-12H,3,14,25-26H2,1-2H3,(H,28,30). The van der Waals surface area contributed by atoms with Crippen LogP contribution < -0.4 is 26.9 Å². The number of urea groups is 1. The number of benzene rings is 2. The molecule has 2 amide bonds. The molecule has 8 nitrogen and oxygen atoms in total. The number of nitrogens with one attached hydrogen (secondary N) is 1. The molecule has 0 aliphatic rings. The van der Waals surface area contributed by atoms with Gasteiger partial charge in [0.2, 0.25) is 0 Å². The molecule has 0 aliphatic carbocycles. The molecule has 0 bridgehead atoms. The molecule has 158 valence electrons. The van der Waals surface area contributed by atoms with Crippen molar-refractivity contribution in [1.82, 2.24) is 10.4 Å². The summed E-state index contributed by atoms with van der Waals surface area (Å²) in [5.74, 6) is 11.9. The molecule has 1 aromatic heterocycles. The Hall–Kier alpha value is -3.93. The lowest BCUT2D eigenvalue weighted by Gasteiger charge is -2.22. The minimum atomic E-state index is -0.623. The van der Waals surface area contributed by atoms with E-state index in [1.165, 1.54) is 0 Å². The number of pyridine rings is 1. The summed E-state index contributed by atoms with van der Waals surface area (Å²) in [5, 5.41) is 10.0. The largest absolute Gasteiger partial charge is 0.489 e. The summed E-state index contributed by atoms with van der Waals surface area (Å²) in [6.07, 6.45) is 0.753. The zero-order chi connectivity index (χ0) is 22.4. The lowest BCUT2D eigenvalue weighted by Crippen LogP contribution is -2.48. The maximum Gasteiger partial charge on any atom is 0.350 e. The lowest BCUT2D eigenvalue weighted by atomic mass is 10.0. The van der Waals surface area contributed by atoms with E-state index in [4.69, 9.17) is 21.7 Å². The number of hydrogen-bond acceptors (Lipinski definition) is 6. The molecule has 0 aliphatic heterocycles. The first-order chi connectivity index (χ1) is 15.0. The first kappa shape index (κ1) is 21.8. The number of ether oxygens (including phenoxy) is 1. The van der Waals surface area contributed by atoms with Crippen molar-refractivity contribution in [3.63, 3.8) is 0 Å². The van der Waals surface area contributed by atoms with E-state index in [0.29, 0.717) is 17.1 Å². The number of anilines is 1. The van der Waals surface area contributed by atoms with Crippen molar-refractivity contribution < 1.29 is 9.53 Å². The van der Waals surface area contributed by atoms with Crippen LogP contribution in [-0.2, 0) is 13.0 Å². The fourth-order valence-electron chi connectivity index (χ4n) is 3.30. The number of aromatic nitrogens is 1. The minimum absolute atomic E-state index is 0.229. The molecule has 3 aromatic rings. The molecular formula is C23H24N6O2. The summed E-state index contributed by atoms with van der Waals surface area (Å²) < 4.78 is 6.09. The fourth-order valence-corrected chi connectivity index (χ4v) is 3.30. The van der Waals surface area contributed by atoms with Crippen LogP contribution in [0.4, 0.5) is 10.5 Å². The van der Waals surface area contributed by atoms with E-state index >= 15 is 0 Å². The molecule has 1 heterocycles. The van der Waals surface area contributed by atoms with Crippen molar-refractivity contribution >= 4 is 11.7 Å². The molecule has 0 saturated heterocycles. The maximum absolute atomic E-state index is 11.9. The van der Waals surface area contributed by atoms with E-state index in [1.807, 2.05) is 55.7 Å². The molecule has 31 heavy (non-hydrogen) atoms. The third kappa shape index (κ3) is 4.80. The van der Waals surface area contributed by atoms with Crippen LogP contribution in [0.3, 0.4) is 0 Å². The number of amides is 2. The number of nitriles is 1. The minimum Gasteiger partial charge on any atom is -0.489 e. The molecule has 3 rings (SSSR count). The zero-order valence-corrected chi connectivity index (χ0v) is 17.4. The highest BCUT2D eigenvalue weighted by Crippen LogP contribution is 2.29. The Bertz CT molecular complexity index is 1140. The van der Waals surface area contributed by atoms with Gasteiger partial charge in [-0.1, -0.05) is 25.1 Å². The monoisotopic (exact) mass is 416 g/mol. The number of carbonyl (C=O) groups excluding carboxylic acids is 1. The average Bonchev–Trinajstić information content (AvgIpc) is 2.82. The molecule has 0 radical (unpaired) electrons. The average molecular weight is 416 g/mol. The molecule has 5 N–H and O–H groups in total. The van der Waals surface area contributed by atoms with Crippen LogP contribution in [0.25, 0.3) is 11.3 Å². The van der Waals surface area contributed by atoms with Crippen LogP contribution in [0.1, 0.15) is 29.3 Å². The van der Waals surface area contributed by atoms with Crippen molar-refractivity contribution in [3.8, 4) is 23.1 Å². The molecule has 0 atom stereocenters. The van der Waals surface area contributed by atoms with Crippen molar-refractivity contribution in [2.45, 2.75) is 26.9 Å². The molecule has 0 saturated carbocycles. The SMILES string of the molecule is CCc1cccc(N(N)C(=O)NN)c1COc1ccc(-c2cccc(C#N)n2)cc1C. The normalized spacial score (nSPS) is 10.3. The van der Waals surface area contributed by atoms with E-state index in [-0.39, 0.29) is 6.61 Å². The smallest absolute Gasteiger partial charge is 0.350 e. The van der Waals surface area contributed by atoms with Gasteiger partial charge in [-0.3, -0.25) is 5.43 Å². The summed E-state index contributed by atoms with van der Waals surface area (Å²) >= 11 is 0. The zero-order valence-electron chi connectivity index (χ0n) is 17.4. The number of nitrogens with two attached hydrogens (primary N) is 2. The Labute approximate surface area is 181 Å². The van der Waals surface area contributed by atoms with Gasteiger partial charge in [0.1, 0.15) is 24.1 Å². The molecule has 0 unspecified atom stereocenters. The number of carbonyl (C=O) groups is 1. The summed E-state index contributed by atoms with van der Waals surface area (Å²) in [6, 6.07) is 18.0. The second-order valence-corrected chi connectivity index (χ2v) is 6.88. The van der Waals surface area contributed by atoms with E-state index in [9.17, 15) is 4.79 Å². The summed E-state index contributed by atoms with van der Waals surface area (Å²) in [6.45, 7) is 4.19. The van der Waals surface area contributed by atoms with Crippen LogP contribution >= 0.6 is 0 Å². The Morgan fingerprint density at radius 1 is 1.23 bits per heavy atom. The van der Waals surface area contributed by atoms with Crippen LogP contribution in [0, 0.1) is 18.3 Å². The van der Waals surface area contributed by atoms with Crippen molar-refractivity contribution in [2.24, 2.45) is 11.7 Å². The highest BCUT2D eigenvalue weighted by atomic mass is 16.5. The summed E-state index contributed by atoms with van der Waals surface area (Å²) in [4.78, 5) is 16.2. The van der Waals surface area contributed by atoms with E-state index in [2.05, 4.69) is 11.1 Å². The van der Waals surface area contributed by atoms with Gasteiger partial charge < -0.3 is 4.74 Å². The second kappa shape index (κ2) is 9.71. The van der Waals surface area contributed by atoms with Gasteiger partial charge in [0, 0.05) is 11.1 Å². The van der Waals surface area contributed by atoms with Crippen molar-refractivity contribution in [3.05, 3.63) is 77.0 Å². The predicted octanol–water partition coefficient (Wildman–Crippen LogP) is 3.33. The number of nitrogens with zero attached hydrogens (tertiary/aromatic N) is 3. The number of hydrogen-bond donors (Lipinski definition) is 3.